The Balaban J connectivity index is 2.25. The number of benzene rings is 2. The van der Waals surface area contributed by atoms with Crippen LogP contribution in [0.2, 0.25) is 0 Å². The lowest BCUT2D eigenvalue weighted by atomic mass is 10.0. The summed E-state index contributed by atoms with van der Waals surface area (Å²) in [4.78, 5) is 0. The molecule has 0 saturated carbocycles. The van der Waals surface area contributed by atoms with Crippen molar-refractivity contribution >= 4 is 17.0 Å². The van der Waals surface area contributed by atoms with E-state index >= 15 is 0 Å². The molecule has 3 rings (SSSR count). The number of hydrogen-bond donors (Lipinski definition) is 1. The Kier molecular flexibility index (Phi) is 3.63. The molecule has 3 heteroatoms. The molecule has 0 aliphatic rings. The van der Waals surface area contributed by atoms with Gasteiger partial charge in [0.25, 0.3) is 0 Å². The highest BCUT2D eigenvalue weighted by Crippen LogP contribution is 2.38. The van der Waals surface area contributed by atoms with Crippen molar-refractivity contribution in [3.05, 3.63) is 53.6 Å². The first kappa shape index (κ1) is 14.3. The van der Waals surface area contributed by atoms with Crippen LogP contribution in [0.5, 0.6) is 11.5 Å². The molecule has 0 saturated heterocycles. The van der Waals surface area contributed by atoms with Crippen molar-refractivity contribution in [2.24, 2.45) is 0 Å². The number of ether oxygens (including phenoxy) is 1. The van der Waals surface area contributed by atoms with Gasteiger partial charge in [-0.05, 0) is 55.8 Å². The van der Waals surface area contributed by atoms with E-state index in [0.717, 1.165) is 39.2 Å². The maximum Gasteiger partial charge on any atom is 0.176 e. The van der Waals surface area contributed by atoms with Crippen molar-refractivity contribution < 1.29 is 14.3 Å². The van der Waals surface area contributed by atoms with Gasteiger partial charge in [0.05, 0.1) is 7.11 Å². The summed E-state index contributed by atoms with van der Waals surface area (Å²) in [6, 6.07) is 11.1. The molecule has 0 fully saturated rings. The van der Waals surface area contributed by atoms with Crippen molar-refractivity contribution in [1.82, 2.24) is 0 Å². The third-order valence-electron chi connectivity index (χ3n) is 3.73. The van der Waals surface area contributed by atoms with Crippen molar-refractivity contribution in [3.8, 4) is 22.8 Å². The third-order valence-corrected chi connectivity index (χ3v) is 3.73. The maximum atomic E-state index is 9.43. The molecule has 3 nitrogen and oxygen atoms in total. The molecule has 112 valence electrons. The van der Waals surface area contributed by atoms with Crippen LogP contribution >= 0.6 is 0 Å². The van der Waals surface area contributed by atoms with E-state index in [4.69, 9.17) is 9.15 Å². The van der Waals surface area contributed by atoms with Gasteiger partial charge in [0, 0.05) is 16.5 Å². The molecule has 22 heavy (non-hydrogen) atoms. The van der Waals surface area contributed by atoms with E-state index in [1.165, 1.54) is 0 Å². The van der Waals surface area contributed by atoms with E-state index in [9.17, 15) is 5.11 Å². The molecule has 0 aliphatic carbocycles. The number of aromatic hydroxyl groups is 1. The summed E-state index contributed by atoms with van der Waals surface area (Å²) in [7, 11) is 1.65. The lowest BCUT2D eigenvalue weighted by Crippen LogP contribution is -1.85. The van der Waals surface area contributed by atoms with E-state index < -0.39 is 0 Å². The van der Waals surface area contributed by atoms with Crippen LogP contribution in [0.15, 0.2) is 46.9 Å². The average Bonchev–Trinajstić information content (AvgIpc) is 2.85. The number of rotatable bonds is 3. The van der Waals surface area contributed by atoms with Crippen LogP contribution in [-0.4, -0.2) is 12.2 Å². The smallest absolute Gasteiger partial charge is 0.176 e. The number of allylic oxidation sites excluding steroid dienone is 1. The summed E-state index contributed by atoms with van der Waals surface area (Å²) >= 11 is 0. The summed E-state index contributed by atoms with van der Waals surface area (Å²) in [6.45, 7) is 4.02. The first-order valence-electron chi connectivity index (χ1n) is 7.17. The average molecular weight is 294 g/mol. The van der Waals surface area contributed by atoms with Crippen molar-refractivity contribution in [1.29, 1.82) is 0 Å². The highest BCUT2D eigenvalue weighted by atomic mass is 16.5. The Morgan fingerprint density at radius 2 is 1.86 bits per heavy atom. The minimum atomic E-state index is 0.241. The molecule has 3 aromatic rings. The number of aryl methyl sites for hydroxylation is 1. The Morgan fingerprint density at radius 3 is 2.50 bits per heavy atom. The Morgan fingerprint density at radius 1 is 1.14 bits per heavy atom. The van der Waals surface area contributed by atoms with Gasteiger partial charge in [0.2, 0.25) is 0 Å². The molecule has 1 heterocycles. The molecular formula is C19H18O3. The number of methoxy groups -OCH3 is 1. The fourth-order valence-electron chi connectivity index (χ4n) is 2.64. The van der Waals surface area contributed by atoms with Gasteiger partial charge < -0.3 is 14.3 Å². The molecule has 0 aliphatic heterocycles. The zero-order valence-electron chi connectivity index (χ0n) is 12.9. The SMILES string of the molecule is C/C=C/c1cc(OC)c2oc(-c3ccc(O)cc3)c(C)c2c1. The predicted molar refractivity (Wildman–Crippen MR) is 89.3 cm³/mol. The Labute approximate surface area is 129 Å². The predicted octanol–water partition coefficient (Wildman–Crippen LogP) is 5.16. The molecule has 0 amide bonds. The van der Waals surface area contributed by atoms with E-state index in [1.54, 1.807) is 19.2 Å². The second-order valence-corrected chi connectivity index (χ2v) is 5.20. The molecule has 2 aromatic carbocycles. The van der Waals surface area contributed by atoms with E-state index in [2.05, 4.69) is 6.07 Å². The quantitative estimate of drug-likeness (QED) is 0.726. The molecule has 0 radical (unpaired) electrons. The highest BCUT2D eigenvalue weighted by Gasteiger charge is 2.16. The normalized spacial score (nSPS) is 11.4. The van der Waals surface area contributed by atoms with Gasteiger partial charge in [-0.2, -0.15) is 0 Å². The lowest BCUT2D eigenvalue weighted by Gasteiger charge is -2.02. The minimum absolute atomic E-state index is 0.241. The third kappa shape index (κ3) is 2.35. The summed E-state index contributed by atoms with van der Waals surface area (Å²) in [5.74, 6) is 1.76. The first-order chi connectivity index (χ1) is 10.6. The van der Waals surface area contributed by atoms with Crippen molar-refractivity contribution in [3.63, 3.8) is 0 Å². The van der Waals surface area contributed by atoms with Gasteiger partial charge in [-0.15, -0.1) is 0 Å². The van der Waals surface area contributed by atoms with Gasteiger partial charge in [-0.25, -0.2) is 0 Å². The molecular weight excluding hydrogens is 276 g/mol. The van der Waals surface area contributed by atoms with E-state index in [0.29, 0.717) is 0 Å². The van der Waals surface area contributed by atoms with E-state index in [1.807, 2.05) is 44.2 Å². The van der Waals surface area contributed by atoms with Gasteiger partial charge in [0.1, 0.15) is 11.5 Å². The fraction of sp³-hybridized carbons (Fsp3) is 0.158. The van der Waals surface area contributed by atoms with Gasteiger partial charge in [0.15, 0.2) is 11.3 Å². The van der Waals surface area contributed by atoms with Crippen LogP contribution in [0.4, 0.5) is 0 Å². The Bertz CT molecular complexity index is 839. The number of phenolic OH excluding ortho intramolecular Hbond substituents is 1. The minimum Gasteiger partial charge on any atom is -0.508 e. The van der Waals surface area contributed by atoms with Crippen molar-refractivity contribution in [2.75, 3.05) is 7.11 Å². The standard InChI is InChI=1S/C19H18O3/c1-4-5-13-10-16-12(2)18(14-6-8-15(20)9-7-14)22-19(16)17(11-13)21-3/h4-11,20H,1-3H3/b5-4+. The van der Waals surface area contributed by atoms with Gasteiger partial charge in [-0.1, -0.05) is 12.2 Å². The zero-order chi connectivity index (χ0) is 15.7. The molecule has 0 unspecified atom stereocenters. The second kappa shape index (κ2) is 5.60. The van der Waals surface area contributed by atoms with Crippen LogP contribution in [0.25, 0.3) is 28.4 Å². The van der Waals surface area contributed by atoms with E-state index in [-0.39, 0.29) is 5.75 Å². The zero-order valence-corrected chi connectivity index (χ0v) is 12.9. The Hall–Kier alpha value is -2.68. The highest BCUT2D eigenvalue weighted by molar-refractivity contribution is 5.93. The van der Waals surface area contributed by atoms with Crippen LogP contribution in [-0.2, 0) is 0 Å². The molecule has 1 N–H and O–H groups in total. The molecule has 0 spiro atoms. The topological polar surface area (TPSA) is 42.6 Å². The van der Waals surface area contributed by atoms with Gasteiger partial charge in [-0.3, -0.25) is 0 Å². The summed E-state index contributed by atoms with van der Waals surface area (Å²) in [5, 5.41) is 10.5. The number of furan rings is 1. The molecule has 0 atom stereocenters. The largest absolute Gasteiger partial charge is 0.508 e. The summed E-state index contributed by atoms with van der Waals surface area (Å²) in [5.41, 5.74) is 3.82. The number of hydrogen-bond acceptors (Lipinski definition) is 3. The van der Waals surface area contributed by atoms with Gasteiger partial charge >= 0.3 is 0 Å². The second-order valence-electron chi connectivity index (χ2n) is 5.20. The number of phenols is 1. The summed E-state index contributed by atoms with van der Waals surface area (Å²) < 4.78 is 11.5. The fourth-order valence-corrected chi connectivity index (χ4v) is 2.64. The van der Waals surface area contributed by atoms with Crippen LogP contribution in [0, 0.1) is 6.92 Å². The van der Waals surface area contributed by atoms with Crippen LogP contribution in [0.1, 0.15) is 18.1 Å². The monoisotopic (exact) mass is 294 g/mol. The molecule has 0 bridgehead atoms. The maximum absolute atomic E-state index is 9.43. The molecule has 1 aromatic heterocycles. The first-order valence-corrected chi connectivity index (χ1v) is 7.17. The number of fused-ring (bicyclic) bond motifs is 1. The van der Waals surface area contributed by atoms with Crippen LogP contribution in [0.3, 0.4) is 0 Å². The van der Waals surface area contributed by atoms with Crippen LogP contribution < -0.4 is 4.74 Å². The van der Waals surface area contributed by atoms with Crippen molar-refractivity contribution in [2.45, 2.75) is 13.8 Å². The summed E-state index contributed by atoms with van der Waals surface area (Å²) in [6.07, 6.45) is 4.03. The lowest BCUT2D eigenvalue weighted by molar-refractivity contribution is 0.411.